The Morgan fingerprint density at radius 2 is 2.44 bits per heavy atom. The van der Waals surface area contributed by atoms with Crippen LogP contribution in [-0.4, -0.2) is 46.3 Å². The molecule has 1 N–H and O–H groups in total. The first-order valence-electron chi connectivity index (χ1n) is 5.05. The van der Waals surface area contributed by atoms with Gasteiger partial charge in [-0.1, -0.05) is 11.8 Å². The number of hydrogen-bond acceptors (Lipinski definition) is 5. The Kier molecular flexibility index (Phi) is 5.24. The standard InChI is InChI=1S/C10H16N2O2S2/c1-4-12(7(2)5-13)9(14)8-6-16-10(11-8)15-3/h6-7,13H,4-5H2,1-3H3/t7-/m1/s1. The number of thioether (sulfide) groups is 1. The van der Waals surface area contributed by atoms with Crippen molar-refractivity contribution in [3.05, 3.63) is 11.1 Å². The second-order valence-electron chi connectivity index (χ2n) is 3.33. The van der Waals surface area contributed by atoms with E-state index in [1.807, 2.05) is 20.1 Å². The third kappa shape index (κ3) is 2.96. The summed E-state index contributed by atoms with van der Waals surface area (Å²) >= 11 is 2.99. The summed E-state index contributed by atoms with van der Waals surface area (Å²) in [6.07, 6.45) is 1.93. The highest BCUT2D eigenvalue weighted by Gasteiger charge is 2.21. The molecule has 1 rings (SSSR count). The van der Waals surface area contributed by atoms with Gasteiger partial charge in [-0.05, 0) is 20.1 Å². The van der Waals surface area contributed by atoms with E-state index in [2.05, 4.69) is 4.98 Å². The van der Waals surface area contributed by atoms with Gasteiger partial charge >= 0.3 is 0 Å². The van der Waals surface area contributed by atoms with Crippen LogP contribution in [0.1, 0.15) is 24.3 Å². The molecule has 0 aliphatic rings. The molecule has 1 aromatic heterocycles. The molecule has 6 heteroatoms. The number of thiazole rings is 1. The number of aromatic nitrogens is 1. The van der Waals surface area contributed by atoms with Crippen LogP contribution in [0.15, 0.2) is 9.72 Å². The molecule has 0 radical (unpaired) electrons. The molecule has 0 fully saturated rings. The van der Waals surface area contributed by atoms with E-state index in [-0.39, 0.29) is 18.6 Å². The fourth-order valence-corrected chi connectivity index (χ4v) is 2.59. The zero-order valence-electron chi connectivity index (χ0n) is 9.64. The van der Waals surface area contributed by atoms with Gasteiger partial charge in [0.05, 0.1) is 12.6 Å². The molecular weight excluding hydrogens is 244 g/mol. The normalized spacial score (nSPS) is 12.5. The molecule has 0 saturated heterocycles. The molecule has 0 bridgehead atoms. The van der Waals surface area contributed by atoms with Crippen LogP contribution in [-0.2, 0) is 0 Å². The lowest BCUT2D eigenvalue weighted by Crippen LogP contribution is -2.40. The Balaban J connectivity index is 2.82. The molecule has 90 valence electrons. The molecular formula is C10H16N2O2S2. The van der Waals surface area contributed by atoms with Gasteiger partial charge in [0.25, 0.3) is 5.91 Å². The van der Waals surface area contributed by atoms with E-state index in [4.69, 9.17) is 5.11 Å². The minimum absolute atomic E-state index is 0.0287. The SMILES string of the molecule is CCN(C(=O)c1csc(SC)n1)[C@H](C)CO. The van der Waals surface area contributed by atoms with Crippen LogP contribution >= 0.6 is 23.1 Å². The van der Waals surface area contributed by atoms with E-state index >= 15 is 0 Å². The molecule has 0 aliphatic carbocycles. The second kappa shape index (κ2) is 6.22. The maximum Gasteiger partial charge on any atom is 0.273 e. The van der Waals surface area contributed by atoms with E-state index in [0.29, 0.717) is 12.2 Å². The summed E-state index contributed by atoms with van der Waals surface area (Å²) < 4.78 is 0.885. The van der Waals surface area contributed by atoms with E-state index in [1.54, 1.807) is 10.3 Å². The molecule has 0 unspecified atom stereocenters. The van der Waals surface area contributed by atoms with Crippen molar-refractivity contribution in [2.75, 3.05) is 19.4 Å². The fourth-order valence-electron chi connectivity index (χ4n) is 1.35. The van der Waals surface area contributed by atoms with Crippen LogP contribution in [0.25, 0.3) is 0 Å². The van der Waals surface area contributed by atoms with Gasteiger partial charge < -0.3 is 10.0 Å². The Hall–Kier alpha value is -0.590. The summed E-state index contributed by atoms with van der Waals surface area (Å²) in [7, 11) is 0. The van der Waals surface area contributed by atoms with Gasteiger partial charge in [0, 0.05) is 11.9 Å². The fraction of sp³-hybridized carbons (Fsp3) is 0.600. The van der Waals surface area contributed by atoms with Crippen LogP contribution in [0.5, 0.6) is 0 Å². The zero-order valence-corrected chi connectivity index (χ0v) is 11.3. The molecule has 0 spiro atoms. The molecule has 16 heavy (non-hydrogen) atoms. The minimum Gasteiger partial charge on any atom is -0.394 e. The van der Waals surface area contributed by atoms with Gasteiger partial charge in [0.1, 0.15) is 10.0 Å². The van der Waals surface area contributed by atoms with Gasteiger partial charge in [0.15, 0.2) is 0 Å². The number of likely N-dealkylation sites (N-methyl/N-ethyl adjacent to an activating group) is 1. The van der Waals surface area contributed by atoms with Crippen molar-refractivity contribution in [3.8, 4) is 0 Å². The van der Waals surface area contributed by atoms with Crippen molar-refractivity contribution in [1.29, 1.82) is 0 Å². The first kappa shape index (κ1) is 13.5. The van der Waals surface area contributed by atoms with Crippen LogP contribution in [0, 0.1) is 0 Å². The number of aliphatic hydroxyl groups excluding tert-OH is 1. The Morgan fingerprint density at radius 1 is 1.75 bits per heavy atom. The molecule has 0 saturated carbocycles. The van der Waals surface area contributed by atoms with Gasteiger partial charge in [-0.25, -0.2) is 4.98 Å². The molecule has 1 aromatic rings. The maximum atomic E-state index is 12.1. The summed E-state index contributed by atoms with van der Waals surface area (Å²) in [4.78, 5) is 17.9. The summed E-state index contributed by atoms with van der Waals surface area (Å²) in [6.45, 7) is 4.26. The van der Waals surface area contributed by atoms with Crippen molar-refractivity contribution in [1.82, 2.24) is 9.88 Å². The second-order valence-corrected chi connectivity index (χ2v) is 5.24. The highest BCUT2D eigenvalue weighted by molar-refractivity contribution is 8.00. The van der Waals surface area contributed by atoms with Crippen LogP contribution in [0.4, 0.5) is 0 Å². The minimum atomic E-state index is -0.170. The zero-order chi connectivity index (χ0) is 12.1. The first-order valence-corrected chi connectivity index (χ1v) is 7.15. The van der Waals surface area contributed by atoms with Gasteiger partial charge in [-0.3, -0.25) is 4.79 Å². The molecule has 4 nitrogen and oxygen atoms in total. The monoisotopic (exact) mass is 260 g/mol. The summed E-state index contributed by atoms with van der Waals surface area (Å²) in [5, 5.41) is 10.8. The number of hydrogen-bond donors (Lipinski definition) is 1. The summed E-state index contributed by atoms with van der Waals surface area (Å²) in [5.74, 6) is -0.111. The molecule has 1 amide bonds. The summed E-state index contributed by atoms with van der Waals surface area (Å²) in [5.41, 5.74) is 0.469. The smallest absolute Gasteiger partial charge is 0.273 e. The van der Waals surface area contributed by atoms with Gasteiger partial charge in [-0.2, -0.15) is 0 Å². The van der Waals surface area contributed by atoms with Gasteiger partial charge in [-0.15, -0.1) is 11.3 Å². The Morgan fingerprint density at radius 3 is 2.88 bits per heavy atom. The third-order valence-corrected chi connectivity index (χ3v) is 4.14. The lowest BCUT2D eigenvalue weighted by molar-refractivity contribution is 0.0627. The van der Waals surface area contributed by atoms with Crippen LogP contribution < -0.4 is 0 Å². The molecule has 0 aliphatic heterocycles. The maximum absolute atomic E-state index is 12.1. The average Bonchev–Trinajstić information content (AvgIpc) is 2.78. The van der Waals surface area contributed by atoms with E-state index in [9.17, 15) is 4.79 Å². The predicted molar refractivity (Wildman–Crippen MR) is 67.2 cm³/mol. The number of carbonyl (C=O) groups excluding carboxylic acids is 1. The molecule has 1 atom stereocenters. The molecule has 1 heterocycles. The number of rotatable bonds is 5. The number of aliphatic hydroxyl groups is 1. The number of nitrogens with zero attached hydrogens (tertiary/aromatic N) is 2. The Labute approximate surface area is 104 Å². The van der Waals surface area contributed by atoms with Crippen molar-refractivity contribution in [2.24, 2.45) is 0 Å². The highest BCUT2D eigenvalue weighted by atomic mass is 32.2. The average molecular weight is 260 g/mol. The largest absolute Gasteiger partial charge is 0.394 e. The van der Waals surface area contributed by atoms with Crippen LogP contribution in [0.3, 0.4) is 0 Å². The lowest BCUT2D eigenvalue weighted by atomic mass is 10.2. The number of amides is 1. The summed E-state index contributed by atoms with van der Waals surface area (Å²) in [6, 6.07) is -0.170. The lowest BCUT2D eigenvalue weighted by Gasteiger charge is -2.25. The van der Waals surface area contributed by atoms with E-state index in [1.165, 1.54) is 23.1 Å². The van der Waals surface area contributed by atoms with E-state index < -0.39 is 0 Å². The van der Waals surface area contributed by atoms with Crippen LogP contribution in [0.2, 0.25) is 0 Å². The van der Waals surface area contributed by atoms with Crippen molar-refractivity contribution in [2.45, 2.75) is 24.2 Å². The van der Waals surface area contributed by atoms with Crippen molar-refractivity contribution in [3.63, 3.8) is 0 Å². The Bertz CT molecular complexity index is 354. The van der Waals surface area contributed by atoms with E-state index in [0.717, 1.165) is 4.34 Å². The number of carbonyl (C=O) groups is 1. The van der Waals surface area contributed by atoms with Gasteiger partial charge in [0.2, 0.25) is 0 Å². The predicted octanol–water partition coefficient (Wildman–Crippen LogP) is 1.71. The molecule has 0 aromatic carbocycles. The highest BCUT2D eigenvalue weighted by Crippen LogP contribution is 2.21. The van der Waals surface area contributed by atoms with Crippen molar-refractivity contribution >= 4 is 29.0 Å². The third-order valence-electron chi connectivity index (χ3n) is 2.27. The quantitative estimate of drug-likeness (QED) is 0.819. The topological polar surface area (TPSA) is 53.4 Å². The first-order chi connectivity index (χ1) is 7.63. The van der Waals surface area contributed by atoms with Crippen molar-refractivity contribution < 1.29 is 9.90 Å².